The van der Waals surface area contributed by atoms with Crippen LogP contribution in [-0.2, 0) is 16.1 Å². The van der Waals surface area contributed by atoms with Gasteiger partial charge in [0, 0.05) is 25.3 Å². The van der Waals surface area contributed by atoms with E-state index in [0.717, 1.165) is 29.8 Å². The van der Waals surface area contributed by atoms with Crippen molar-refractivity contribution >= 4 is 11.7 Å². The van der Waals surface area contributed by atoms with Crippen molar-refractivity contribution in [1.82, 2.24) is 10.3 Å². The number of aromatic nitrogens is 1. The molecular weight excluding hydrogens is 268 g/mol. The molecule has 1 atom stereocenters. The van der Waals surface area contributed by atoms with Crippen LogP contribution in [0.3, 0.4) is 0 Å². The van der Waals surface area contributed by atoms with Crippen LogP contribution in [0.1, 0.15) is 24.0 Å². The van der Waals surface area contributed by atoms with Gasteiger partial charge < -0.3 is 20.7 Å². The number of ether oxygens (including phenoxy) is 1. The Balaban J connectivity index is 1.81. The predicted molar refractivity (Wildman–Crippen MR) is 80.0 cm³/mol. The Bertz CT molecular complexity index is 530. The van der Waals surface area contributed by atoms with E-state index in [1.165, 1.54) is 0 Å². The van der Waals surface area contributed by atoms with Crippen LogP contribution >= 0.6 is 0 Å². The summed E-state index contributed by atoms with van der Waals surface area (Å²) in [5, 5.41) is 3.06. The van der Waals surface area contributed by atoms with E-state index < -0.39 is 0 Å². The molecule has 2 aliphatic rings. The molecule has 2 heterocycles. The first-order chi connectivity index (χ1) is 10.2. The normalized spacial score (nSPS) is 22.2. The van der Waals surface area contributed by atoms with Crippen molar-refractivity contribution in [2.24, 2.45) is 5.73 Å². The highest BCUT2D eigenvalue weighted by atomic mass is 16.5. The molecule has 2 fully saturated rings. The zero-order valence-corrected chi connectivity index (χ0v) is 12.3. The largest absolute Gasteiger partial charge is 0.377 e. The van der Waals surface area contributed by atoms with E-state index >= 15 is 0 Å². The molecule has 1 aliphatic carbocycles. The Morgan fingerprint density at radius 3 is 3.05 bits per heavy atom. The molecule has 114 valence electrons. The monoisotopic (exact) mass is 290 g/mol. The molecule has 0 spiro atoms. The predicted octanol–water partition coefficient (Wildman–Crippen LogP) is 0.333. The van der Waals surface area contributed by atoms with Gasteiger partial charge in [0.05, 0.1) is 13.2 Å². The fraction of sp³-hybridized carbons (Fsp3) is 0.600. The lowest BCUT2D eigenvalue weighted by Crippen LogP contribution is -2.54. The highest BCUT2D eigenvalue weighted by molar-refractivity contribution is 5.86. The lowest BCUT2D eigenvalue weighted by molar-refractivity contribution is -0.124. The first-order valence-electron chi connectivity index (χ1n) is 7.49. The maximum atomic E-state index is 12.4. The van der Waals surface area contributed by atoms with Crippen molar-refractivity contribution in [2.45, 2.75) is 38.4 Å². The van der Waals surface area contributed by atoms with Crippen LogP contribution < -0.4 is 16.0 Å². The Labute approximate surface area is 124 Å². The fourth-order valence-electron chi connectivity index (χ4n) is 2.64. The third-order valence-electron chi connectivity index (χ3n) is 3.97. The Morgan fingerprint density at radius 1 is 1.57 bits per heavy atom. The number of hydrogen-bond acceptors (Lipinski definition) is 5. The van der Waals surface area contributed by atoms with Gasteiger partial charge in [-0.05, 0) is 37.0 Å². The quantitative estimate of drug-likeness (QED) is 0.835. The molecule has 0 bridgehead atoms. The number of amides is 1. The van der Waals surface area contributed by atoms with Gasteiger partial charge in [0.2, 0.25) is 5.91 Å². The number of carbonyl (C=O) groups is 1. The second-order valence-electron chi connectivity index (χ2n) is 5.76. The van der Waals surface area contributed by atoms with Crippen molar-refractivity contribution in [3.63, 3.8) is 0 Å². The molecule has 21 heavy (non-hydrogen) atoms. The summed E-state index contributed by atoms with van der Waals surface area (Å²) in [4.78, 5) is 18.9. The zero-order chi connectivity index (χ0) is 14.8. The summed E-state index contributed by atoms with van der Waals surface area (Å²) < 4.78 is 5.49. The molecule has 3 rings (SSSR count). The highest BCUT2D eigenvalue weighted by Crippen LogP contribution is 2.24. The van der Waals surface area contributed by atoms with Gasteiger partial charge in [-0.2, -0.15) is 0 Å². The highest BCUT2D eigenvalue weighted by Gasteiger charge is 2.34. The minimum absolute atomic E-state index is 0.0429. The molecule has 1 unspecified atom stereocenters. The van der Waals surface area contributed by atoms with Crippen molar-refractivity contribution in [3.05, 3.63) is 23.4 Å². The summed E-state index contributed by atoms with van der Waals surface area (Å²) in [5.74, 6) is 0.896. The average molecular weight is 290 g/mol. The first kappa shape index (κ1) is 14.3. The van der Waals surface area contributed by atoms with Crippen molar-refractivity contribution in [3.8, 4) is 0 Å². The van der Waals surface area contributed by atoms with Crippen LogP contribution in [0, 0.1) is 6.92 Å². The van der Waals surface area contributed by atoms with E-state index in [-0.39, 0.29) is 11.9 Å². The van der Waals surface area contributed by atoms with E-state index in [2.05, 4.69) is 15.2 Å². The smallest absolute Gasteiger partial charge is 0.245 e. The van der Waals surface area contributed by atoms with Crippen LogP contribution in [0.4, 0.5) is 5.82 Å². The summed E-state index contributed by atoms with van der Waals surface area (Å²) in [7, 11) is 0. The molecule has 6 nitrogen and oxygen atoms in total. The van der Waals surface area contributed by atoms with Gasteiger partial charge in [-0.1, -0.05) is 0 Å². The summed E-state index contributed by atoms with van der Waals surface area (Å²) in [6.45, 7) is 4.19. The van der Waals surface area contributed by atoms with Gasteiger partial charge in [-0.3, -0.25) is 4.79 Å². The molecule has 6 heteroatoms. The average Bonchev–Trinajstić information content (AvgIpc) is 3.31. The molecule has 1 saturated heterocycles. The lowest BCUT2D eigenvalue weighted by atomic mass is 10.1. The Kier molecular flexibility index (Phi) is 4.07. The minimum Gasteiger partial charge on any atom is -0.377 e. The first-order valence-corrected chi connectivity index (χ1v) is 7.49. The van der Waals surface area contributed by atoms with Gasteiger partial charge in [-0.25, -0.2) is 4.98 Å². The number of nitrogens with one attached hydrogen (secondary N) is 1. The molecule has 3 N–H and O–H groups in total. The van der Waals surface area contributed by atoms with E-state index in [1.807, 2.05) is 13.0 Å². The number of nitrogens with zero attached hydrogens (tertiary/aromatic N) is 2. The fourth-order valence-corrected chi connectivity index (χ4v) is 2.64. The third-order valence-corrected chi connectivity index (χ3v) is 3.97. The number of morpholine rings is 1. The SMILES string of the molecule is Cc1cc(CN)cnc1N1CCOCC1C(=O)NC1CC1. The molecule has 1 aromatic rings. The van der Waals surface area contributed by atoms with Crippen LogP contribution in [-0.4, -0.2) is 42.7 Å². The van der Waals surface area contributed by atoms with Crippen molar-refractivity contribution in [2.75, 3.05) is 24.7 Å². The maximum Gasteiger partial charge on any atom is 0.245 e. The third kappa shape index (κ3) is 3.16. The minimum atomic E-state index is -0.297. The van der Waals surface area contributed by atoms with Crippen LogP contribution in [0.5, 0.6) is 0 Å². The second-order valence-corrected chi connectivity index (χ2v) is 5.76. The molecule has 0 aromatic carbocycles. The molecule has 1 amide bonds. The van der Waals surface area contributed by atoms with Crippen LogP contribution in [0.2, 0.25) is 0 Å². The Morgan fingerprint density at radius 2 is 2.38 bits per heavy atom. The molecule has 0 radical (unpaired) electrons. The summed E-state index contributed by atoms with van der Waals surface area (Å²) in [6.07, 6.45) is 3.96. The lowest BCUT2D eigenvalue weighted by Gasteiger charge is -2.36. The van der Waals surface area contributed by atoms with Gasteiger partial charge >= 0.3 is 0 Å². The standard InChI is InChI=1S/C15H22N4O2/c1-10-6-11(7-16)8-17-14(10)19-4-5-21-9-13(19)15(20)18-12-2-3-12/h6,8,12-13H,2-5,7,9,16H2,1H3,(H,18,20). The number of pyridine rings is 1. The zero-order valence-electron chi connectivity index (χ0n) is 12.3. The number of aryl methyl sites for hydroxylation is 1. The Hall–Kier alpha value is -1.66. The van der Waals surface area contributed by atoms with Gasteiger partial charge in [0.15, 0.2) is 0 Å². The van der Waals surface area contributed by atoms with Crippen LogP contribution in [0.25, 0.3) is 0 Å². The summed E-state index contributed by atoms with van der Waals surface area (Å²) >= 11 is 0. The van der Waals surface area contributed by atoms with E-state index in [1.54, 1.807) is 6.20 Å². The molecular formula is C15H22N4O2. The number of rotatable bonds is 4. The van der Waals surface area contributed by atoms with Gasteiger partial charge in [-0.15, -0.1) is 0 Å². The summed E-state index contributed by atoms with van der Waals surface area (Å²) in [5.41, 5.74) is 7.70. The van der Waals surface area contributed by atoms with Crippen molar-refractivity contribution in [1.29, 1.82) is 0 Å². The van der Waals surface area contributed by atoms with E-state index in [0.29, 0.717) is 32.3 Å². The molecule has 1 aromatic heterocycles. The van der Waals surface area contributed by atoms with Gasteiger partial charge in [0.1, 0.15) is 11.9 Å². The number of anilines is 1. The van der Waals surface area contributed by atoms with E-state index in [9.17, 15) is 4.79 Å². The van der Waals surface area contributed by atoms with E-state index in [4.69, 9.17) is 10.5 Å². The number of nitrogens with two attached hydrogens (primary N) is 1. The second kappa shape index (κ2) is 5.99. The van der Waals surface area contributed by atoms with Crippen molar-refractivity contribution < 1.29 is 9.53 Å². The van der Waals surface area contributed by atoms with Crippen LogP contribution in [0.15, 0.2) is 12.3 Å². The molecule has 1 aliphatic heterocycles. The van der Waals surface area contributed by atoms with Gasteiger partial charge in [0.25, 0.3) is 0 Å². The maximum absolute atomic E-state index is 12.4. The topological polar surface area (TPSA) is 80.5 Å². The molecule has 1 saturated carbocycles. The number of carbonyl (C=O) groups excluding carboxylic acids is 1. The summed E-state index contributed by atoms with van der Waals surface area (Å²) in [6, 6.07) is 2.09. The number of hydrogen-bond donors (Lipinski definition) is 2.